The summed E-state index contributed by atoms with van der Waals surface area (Å²) in [7, 11) is 1.38. The predicted octanol–water partition coefficient (Wildman–Crippen LogP) is 2.54. The van der Waals surface area contributed by atoms with Crippen molar-refractivity contribution in [2.75, 3.05) is 10.6 Å². The smallest absolute Gasteiger partial charge is 0.339 e. The van der Waals surface area contributed by atoms with Gasteiger partial charge >= 0.3 is 5.97 Å². The van der Waals surface area contributed by atoms with E-state index in [1.807, 2.05) is 41.9 Å². The Morgan fingerprint density at radius 3 is 2.77 bits per heavy atom. The summed E-state index contributed by atoms with van der Waals surface area (Å²) in [4.78, 5) is 11.3. The molecule has 0 bridgehead atoms. The van der Waals surface area contributed by atoms with Crippen molar-refractivity contribution >= 4 is 34.5 Å². The van der Waals surface area contributed by atoms with E-state index in [1.54, 1.807) is 6.07 Å². The van der Waals surface area contributed by atoms with Crippen LogP contribution in [0, 0.1) is 6.92 Å². The van der Waals surface area contributed by atoms with Crippen LogP contribution in [0.1, 0.15) is 15.9 Å². The fourth-order valence-corrected chi connectivity index (χ4v) is 1.79. The molecule has 1 aromatic rings. The van der Waals surface area contributed by atoms with E-state index in [0.717, 1.165) is 11.3 Å². The van der Waals surface area contributed by atoms with Crippen LogP contribution in [0.2, 0.25) is 0 Å². The lowest BCUT2D eigenvalue weighted by Gasteiger charge is -2.08. The first-order chi connectivity index (χ1) is 6.20. The topological polar surface area (TPSA) is 38.3 Å². The van der Waals surface area contributed by atoms with E-state index in [2.05, 4.69) is 8.27 Å². The van der Waals surface area contributed by atoms with Crippen LogP contribution in [0.5, 0.6) is 0 Å². The Balaban J connectivity index is 3.20. The van der Waals surface area contributed by atoms with Crippen LogP contribution in [0.3, 0.4) is 0 Å². The van der Waals surface area contributed by atoms with E-state index in [4.69, 9.17) is 0 Å². The molecule has 13 heavy (non-hydrogen) atoms. The Morgan fingerprint density at radius 2 is 2.23 bits per heavy atom. The second kappa shape index (κ2) is 4.45. The van der Waals surface area contributed by atoms with E-state index in [-0.39, 0.29) is 5.97 Å². The standard InChI is InChI=1S/C9H10INO2/c1-6-4-3-5-7(8(6)11-10)9(12)13-2/h3-5,11H,1-2H3. The number of esters is 1. The number of carbonyl (C=O) groups excluding carboxylic acids is 1. The molecule has 0 aliphatic heterocycles. The van der Waals surface area contributed by atoms with E-state index < -0.39 is 0 Å². The summed E-state index contributed by atoms with van der Waals surface area (Å²) in [6.07, 6.45) is 0. The number of carbonyl (C=O) groups is 1. The molecule has 0 spiro atoms. The third-order valence-corrected chi connectivity index (χ3v) is 2.31. The maximum Gasteiger partial charge on any atom is 0.339 e. The Kier molecular flexibility index (Phi) is 3.53. The molecule has 0 aromatic heterocycles. The predicted molar refractivity (Wildman–Crippen MR) is 60.2 cm³/mol. The summed E-state index contributed by atoms with van der Waals surface area (Å²) in [5.74, 6) is -0.317. The summed E-state index contributed by atoms with van der Waals surface area (Å²) in [5.41, 5.74) is 2.41. The summed E-state index contributed by atoms with van der Waals surface area (Å²) in [6.45, 7) is 1.94. The van der Waals surface area contributed by atoms with Gasteiger partial charge in [0, 0.05) is 0 Å². The molecule has 0 atom stereocenters. The molecule has 0 radical (unpaired) electrons. The molecular weight excluding hydrogens is 281 g/mol. The van der Waals surface area contributed by atoms with Crippen LogP contribution in [-0.2, 0) is 4.74 Å². The molecule has 1 N–H and O–H groups in total. The monoisotopic (exact) mass is 291 g/mol. The fraction of sp³-hybridized carbons (Fsp3) is 0.222. The van der Waals surface area contributed by atoms with Crippen LogP contribution in [0.25, 0.3) is 0 Å². The van der Waals surface area contributed by atoms with Crippen LogP contribution in [-0.4, -0.2) is 13.1 Å². The van der Waals surface area contributed by atoms with Gasteiger partial charge in [-0.2, -0.15) is 0 Å². The van der Waals surface area contributed by atoms with Crippen molar-refractivity contribution in [2.24, 2.45) is 0 Å². The highest BCUT2D eigenvalue weighted by Crippen LogP contribution is 2.22. The first-order valence-electron chi connectivity index (χ1n) is 3.75. The molecule has 0 saturated carbocycles. The number of halogens is 1. The molecule has 1 aromatic carbocycles. The quantitative estimate of drug-likeness (QED) is 0.517. The van der Waals surface area contributed by atoms with E-state index in [0.29, 0.717) is 5.56 Å². The van der Waals surface area contributed by atoms with Crippen molar-refractivity contribution in [3.8, 4) is 0 Å². The summed E-state index contributed by atoms with van der Waals surface area (Å²) < 4.78 is 7.60. The van der Waals surface area contributed by atoms with Crippen LogP contribution in [0.15, 0.2) is 18.2 Å². The van der Waals surface area contributed by atoms with Gasteiger partial charge in [0.15, 0.2) is 0 Å². The van der Waals surface area contributed by atoms with Crippen molar-refractivity contribution < 1.29 is 9.53 Å². The third-order valence-electron chi connectivity index (χ3n) is 1.77. The highest BCUT2D eigenvalue weighted by molar-refractivity contribution is 14.1. The summed E-state index contributed by atoms with van der Waals surface area (Å²) in [5, 5.41) is 0. The molecule has 0 heterocycles. The molecule has 4 heteroatoms. The van der Waals surface area contributed by atoms with Crippen molar-refractivity contribution in [3.63, 3.8) is 0 Å². The normalized spacial score (nSPS) is 9.46. The van der Waals surface area contributed by atoms with Gasteiger partial charge in [0.2, 0.25) is 0 Å². The number of benzene rings is 1. The van der Waals surface area contributed by atoms with Gasteiger partial charge in [-0.1, -0.05) is 12.1 Å². The average molecular weight is 291 g/mol. The van der Waals surface area contributed by atoms with Crippen LogP contribution >= 0.6 is 22.9 Å². The molecule has 0 unspecified atom stereocenters. The highest BCUT2D eigenvalue weighted by atomic mass is 127. The van der Waals surface area contributed by atoms with Crippen LogP contribution < -0.4 is 3.53 Å². The second-order valence-electron chi connectivity index (χ2n) is 2.58. The Bertz CT molecular complexity index is 325. The maximum atomic E-state index is 11.3. The minimum Gasteiger partial charge on any atom is -0.465 e. The molecule has 1 rings (SSSR count). The zero-order valence-electron chi connectivity index (χ0n) is 7.43. The molecule has 0 amide bonds. The fourth-order valence-electron chi connectivity index (χ4n) is 1.07. The lowest BCUT2D eigenvalue weighted by molar-refractivity contribution is 0.0602. The van der Waals surface area contributed by atoms with Gasteiger partial charge < -0.3 is 8.27 Å². The van der Waals surface area contributed by atoms with E-state index >= 15 is 0 Å². The average Bonchev–Trinajstić information content (AvgIpc) is 2.16. The SMILES string of the molecule is COC(=O)c1cccc(C)c1NI. The number of hydrogen-bond acceptors (Lipinski definition) is 3. The maximum absolute atomic E-state index is 11.3. The lowest BCUT2D eigenvalue weighted by atomic mass is 10.1. The molecule has 3 nitrogen and oxygen atoms in total. The van der Waals surface area contributed by atoms with Gasteiger partial charge in [-0.05, 0) is 18.6 Å². The van der Waals surface area contributed by atoms with Crippen molar-refractivity contribution in [3.05, 3.63) is 29.3 Å². The number of rotatable bonds is 2. The van der Waals surface area contributed by atoms with Crippen molar-refractivity contribution in [2.45, 2.75) is 6.92 Å². The first kappa shape index (κ1) is 10.3. The zero-order valence-corrected chi connectivity index (χ0v) is 9.58. The van der Waals surface area contributed by atoms with Gasteiger partial charge in [-0.25, -0.2) is 4.79 Å². The van der Waals surface area contributed by atoms with Gasteiger partial charge in [-0.3, -0.25) is 0 Å². The molecule has 0 aliphatic rings. The zero-order chi connectivity index (χ0) is 9.84. The number of aryl methyl sites for hydroxylation is 1. The van der Waals surface area contributed by atoms with Gasteiger partial charge in [0.1, 0.15) is 0 Å². The molecule has 70 valence electrons. The number of para-hydroxylation sites is 1. The number of methoxy groups -OCH3 is 1. The Labute approximate surface area is 91.0 Å². The number of nitrogens with one attached hydrogen (secondary N) is 1. The number of hydrogen-bond donors (Lipinski definition) is 1. The van der Waals surface area contributed by atoms with Crippen molar-refractivity contribution in [1.29, 1.82) is 0 Å². The molecule has 0 aliphatic carbocycles. The van der Waals surface area contributed by atoms with Gasteiger partial charge in [-0.15, -0.1) is 0 Å². The second-order valence-corrected chi connectivity index (χ2v) is 3.12. The Hall–Kier alpha value is -0.780. The Morgan fingerprint density at radius 1 is 1.54 bits per heavy atom. The minimum atomic E-state index is -0.317. The van der Waals surface area contributed by atoms with E-state index in [9.17, 15) is 4.79 Å². The lowest BCUT2D eigenvalue weighted by Crippen LogP contribution is -2.04. The number of anilines is 1. The largest absolute Gasteiger partial charge is 0.465 e. The molecule has 0 fully saturated rings. The molecular formula is C9H10INO2. The summed E-state index contributed by atoms with van der Waals surface area (Å²) >= 11 is 2.00. The molecule has 0 saturated heterocycles. The van der Waals surface area contributed by atoms with Crippen molar-refractivity contribution in [1.82, 2.24) is 0 Å². The highest BCUT2D eigenvalue weighted by Gasteiger charge is 2.11. The van der Waals surface area contributed by atoms with Gasteiger partial charge in [0.05, 0.1) is 41.2 Å². The number of ether oxygens (including phenoxy) is 1. The van der Waals surface area contributed by atoms with Gasteiger partial charge in [0.25, 0.3) is 0 Å². The third kappa shape index (κ3) is 2.12. The van der Waals surface area contributed by atoms with E-state index in [1.165, 1.54) is 7.11 Å². The minimum absolute atomic E-state index is 0.317. The first-order valence-corrected chi connectivity index (χ1v) is 4.83. The van der Waals surface area contributed by atoms with Crippen LogP contribution in [0.4, 0.5) is 5.69 Å². The summed E-state index contributed by atoms with van der Waals surface area (Å²) in [6, 6.07) is 5.51.